The molecule has 1 heterocycles. The maximum absolute atomic E-state index is 13.2. The fourth-order valence-corrected chi connectivity index (χ4v) is 2.22. The molecule has 0 aliphatic heterocycles. The number of hydrogen-bond donors (Lipinski definition) is 1. The van der Waals surface area contributed by atoms with E-state index in [1.807, 2.05) is 30.3 Å². The summed E-state index contributed by atoms with van der Waals surface area (Å²) in [4.78, 5) is 4.25. The first-order valence-electron chi connectivity index (χ1n) is 6.20. The fraction of sp³-hybridized carbons (Fsp3) is 0.0625. The molecule has 20 heavy (non-hydrogen) atoms. The highest BCUT2D eigenvalue weighted by molar-refractivity contribution is 5.79. The Hall–Kier alpha value is -2.33. The van der Waals surface area contributed by atoms with Crippen LogP contribution < -0.4 is 5.73 Å². The van der Waals surface area contributed by atoms with Gasteiger partial charge in [0.25, 0.3) is 0 Å². The lowest BCUT2D eigenvalue weighted by Gasteiger charge is -2.13. The van der Waals surface area contributed by atoms with Crippen LogP contribution in [-0.2, 0) is 0 Å². The van der Waals surface area contributed by atoms with E-state index in [9.17, 15) is 8.78 Å². The van der Waals surface area contributed by atoms with Gasteiger partial charge < -0.3 is 5.73 Å². The summed E-state index contributed by atoms with van der Waals surface area (Å²) in [6.07, 6.45) is 1.69. The Bertz CT molecular complexity index is 751. The summed E-state index contributed by atoms with van der Waals surface area (Å²) in [7, 11) is 0. The minimum absolute atomic E-state index is 0.401. The van der Waals surface area contributed by atoms with Crippen LogP contribution in [-0.4, -0.2) is 4.98 Å². The highest BCUT2D eigenvalue weighted by Crippen LogP contribution is 2.24. The first-order valence-corrected chi connectivity index (χ1v) is 6.20. The highest BCUT2D eigenvalue weighted by atomic mass is 19.1. The van der Waals surface area contributed by atoms with Gasteiger partial charge in [-0.2, -0.15) is 0 Å². The maximum Gasteiger partial charge on any atom is 0.126 e. The van der Waals surface area contributed by atoms with Crippen LogP contribution in [0.15, 0.2) is 54.7 Å². The van der Waals surface area contributed by atoms with E-state index in [0.717, 1.165) is 22.5 Å². The molecule has 0 aliphatic rings. The lowest BCUT2D eigenvalue weighted by atomic mass is 9.98. The van der Waals surface area contributed by atoms with Crippen molar-refractivity contribution in [2.24, 2.45) is 5.73 Å². The molecule has 3 rings (SSSR count). The molecule has 1 atom stereocenters. The molecule has 100 valence electrons. The van der Waals surface area contributed by atoms with Crippen molar-refractivity contribution in [2.75, 3.05) is 0 Å². The van der Waals surface area contributed by atoms with Crippen LogP contribution >= 0.6 is 0 Å². The number of benzene rings is 2. The summed E-state index contributed by atoms with van der Waals surface area (Å²) in [5.74, 6) is -1.26. The van der Waals surface area contributed by atoms with Crippen LogP contribution in [0.1, 0.15) is 17.2 Å². The van der Waals surface area contributed by atoms with Crippen LogP contribution in [0.5, 0.6) is 0 Å². The van der Waals surface area contributed by atoms with Gasteiger partial charge in [-0.25, -0.2) is 8.78 Å². The van der Waals surface area contributed by atoms with E-state index < -0.39 is 17.7 Å². The van der Waals surface area contributed by atoms with Gasteiger partial charge in [0.2, 0.25) is 0 Å². The number of hydrogen-bond acceptors (Lipinski definition) is 2. The maximum atomic E-state index is 13.2. The van der Waals surface area contributed by atoms with E-state index in [0.29, 0.717) is 5.56 Å². The molecule has 0 saturated heterocycles. The zero-order valence-corrected chi connectivity index (χ0v) is 10.6. The third-order valence-corrected chi connectivity index (χ3v) is 3.23. The SMILES string of the molecule is NC(c1cc(F)cc(F)c1)c1ccc2cccnc2c1. The molecule has 4 heteroatoms. The van der Waals surface area contributed by atoms with Gasteiger partial charge in [-0.3, -0.25) is 4.98 Å². The van der Waals surface area contributed by atoms with Crippen molar-refractivity contribution in [1.82, 2.24) is 4.98 Å². The predicted octanol–water partition coefficient (Wildman–Crippen LogP) is 3.56. The molecule has 0 aliphatic carbocycles. The smallest absolute Gasteiger partial charge is 0.126 e. The minimum atomic E-state index is -0.630. The predicted molar refractivity (Wildman–Crippen MR) is 74.1 cm³/mol. The van der Waals surface area contributed by atoms with Gasteiger partial charge in [0.15, 0.2) is 0 Å². The average Bonchev–Trinajstić information content (AvgIpc) is 2.45. The molecular weight excluding hydrogens is 258 g/mol. The Morgan fingerprint density at radius 3 is 2.40 bits per heavy atom. The van der Waals surface area contributed by atoms with E-state index in [1.54, 1.807) is 6.20 Å². The zero-order chi connectivity index (χ0) is 14.1. The summed E-state index contributed by atoms with van der Waals surface area (Å²) < 4.78 is 26.5. The summed E-state index contributed by atoms with van der Waals surface area (Å²) in [5.41, 5.74) is 8.05. The van der Waals surface area contributed by atoms with Crippen LogP contribution in [0.3, 0.4) is 0 Å². The molecule has 0 saturated carbocycles. The van der Waals surface area contributed by atoms with Crippen molar-refractivity contribution < 1.29 is 8.78 Å². The molecular formula is C16H12F2N2. The molecule has 0 bridgehead atoms. The van der Waals surface area contributed by atoms with Gasteiger partial charge in [0.1, 0.15) is 11.6 Å². The molecule has 2 nitrogen and oxygen atoms in total. The first-order chi connectivity index (χ1) is 9.63. The van der Waals surface area contributed by atoms with Crippen LogP contribution in [0.2, 0.25) is 0 Å². The first kappa shape index (κ1) is 12.7. The Kier molecular flexibility index (Phi) is 3.16. The summed E-state index contributed by atoms with van der Waals surface area (Å²) >= 11 is 0. The van der Waals surface area contributed by atoms with Crippen molar-refractivity contribution in [3.05, 3.63) is 77.5 Å². The second-order valence-corrected chi connectivity index (χ2v) is 4.64. The second kappa shape index (κ2) is 4.98. The largest absolute Gasteiger partial charge is 0.320 e. The number of aromatic nitrogens is 1. The second-order valence-electron chi connectivity index (χ2n) is 4.64. The fourth-order valence-electron chi connectivity index (χ4n) is 2.22. The average molecular weight is 270 g/mol. The molecule has 1 unspecified atom stereocenters. The van der Waals surface area contributed by atoms with Crippen molar-refractivity contribution >= 4 is 10.9 Å². The Labute approximate surface area is 114 Å². The Balaban J connectivity index is 2.05. The van der Waals surface area contributed by atoms with Crippen LogP contribution in [0.4, 0.5) is 8.78 Å². The van der Waals surface area contributed by atoms with Gasteiger partial charge in [0, 0.05) is 17.6 Å². The number of fused-ring (bicyclic) bond motifs is 1. The molecule has 0 spiro atoms. The van der Waals surface area contributed by atoms with Crippen molar-refractivity contribution in [1.29, 1.82) is 0 Å². The zero-order valence-electron chi connectivity index (χ0n) is 10.6. The normalized spacial score (nSPS) is 12.6. The third-order valence-electron chi connectivity index (χ3n) is 3.23. The van der Waals surface area contributed by atoms with E-state index in [4.69, 9.17) is 5.73 Å². The quantitative estimate of drug-likeness (QED) is 0.773. The number of pyridine rings is 1. The van der Waals surface area contributed by atoms with Gasteiger partial charge in [-0.05, 0) is 35.4 Å². The molecule has 1 aromatic heterocycles. The Morgan fingerprint density at radius 2 is 1.65 bits per heavy atom. The number of rotatable bonds is 2. The standard InChI is InChI=1S/C16H12F2N2/c17-13-6-12(7-14(18)9-13)16(19)11-4-3-10-2-1-5-20-15(10)8-11/h1-9,16H,19H2. The van der Waals surface area contributed by atoms with Crippen LogP contribution in [0.25, 0.3) is 10.9 Å². The molecule has 2 N–H and O–H groups in total. The van der Waals surface area contributed by atoms with Gasteiger partial charge in [-0.1, -0.05) is 18.2 Å². The third kappa shape index (κ3) is 2.38. The van der Waals surface area contributed by atoms with E-state index in [1.165, 1.54) is 12.1 Å². The summed E-state index contributed by atoms with van der Waals surface area (Å²) in [5, 5.41) is 0.994. The lowest BCUT2D eigenvalue weighted by Crippen LogP contribution is -2.12. The van der Waals surface area contributed by atoms with Crippen molar-refractivity contribution in [2.45, 2.75) is 6.04 Å². The molecule has 0 radical (unpaired) electrons. The van der Waals surface area contributed by atoms with E-state index in [2.05, 4.69) is 4.98 Å². The monoisotopic (exact) mass is 270 g/mol. The number of nitrogens with two attached hydrogens (primary N) is 1. The summed E-state index contributed by atoms with van der Waals surface area (Å²) in [6.45, 7) is 0. The number of halogens is 2. The van der Waals surface area contributed by atoms with Crippen LogP contribution in [0, 0.1) is 11.6 Å². The van der Waals surface area contributed by atoms with Gasteiger partial charge in [-0.15, -0.1) is 0 Å². The molecule has 2 aromatic carbocycles. The number of nitrogens with zero attached hydrogens (tertiary/aromatic N) is 1. The lowest BCUT2D eigenvalue weighted by molar-refractivity contribution is 0.577. The highest BCUT2D eigenvalue weighted by Gasteiger charge is 2.12. The van der Waals surface area contributed by atoms with Gasteiger partial charge in [0.05, 0.1) is 11.6 Å². The van der Waals surface area contributed by atoms with Crippen molar-refractivity contribution in [3.8, 4) is 0 Å². The van der Waals surface area contributed by atoms with E-state index in [-0.39, 0.29) is 0 Å². The molecule has 3 aromatic rings. The topological polar surface area (TPSA) is 38.9 Å². The minimum Gasteiger partial charge on any atom is -0.320 e. The van der Waals surface area contributed by atoms with E-state index >= 15 is 0 Å². The van der Waals surface area contributed by atoms with Crippen molar-refractivity contribution in [3.63, 3.8) is 0 Å². The molecule has 0 amide bonds. The van der Waals surface area contributed by atoms with Gasteiger partial charge >= 0.3 is 0 Å². The summed E-state index contributed by atoms with van der Waals surface area (Å²) in [6, 6.07) is 12.1. The Morgan fingerprint density at radius 1 is 0.900 bits per heavy atom. The molecule has 0 fully saturated rings.